The summed E-state index contributed by atoms with van der Waals surface area (Å²) < 4.78 is 0. The summed E-state index contributed by atoms with van der Waals surface area (Å²) in [4.78, 5) is 20.7. The Morgan fingerprint density at radius 1 is 1.36 bits per heavy atom. The molecular weight excluding hydrogens is 354 g/mol. The smallest absolute Gasteiger partial charge is 0.230 e. The van der Waals surface area contributed by atoms with Crippen LogP contribution < -0.4 is 11.1 Å². The second kappa shape index (κ2) is 7.25. The molecule has 0 saturated heterocycles. The normalized spacial score (nSPS) is 17.9. The number of aliphatic hydroxyl groups excluding tert-OH is 1. The number of fused-ring (bicyclic) bond motifs is 1. The molecule has 0 bridgehead atoms. The number of hydrogen-bond donors (Lipinski definition) is 3. The van der Waals surface area contributed by atoms with Crippen LogP contribution >= 0.6 is 0 Å². The summed E-state index contributed by atoms with van der Waals surface area (Å²) in [6.07, 6.45) is 6.21. The topological polar surface area (TPSA) is 125 Å². The molecule has 1 fully saturated rings. The van der Waals surface area contributed by atoms with Crippen LogP contribution in [0.5, 0.6) is 0 Å². The van der Waals surface area contributed by atoms with Crippen LogP contribution in [0.4, 0.5) is 11.5 Å². The molecule has 4 N–H and O–H groups in total. The number of nitrogen functional groups attached to an aromatic ring is 1. The van der Waals surface area contributed by atoms with Gasteiger partial charge in [0.05, 0.1) is 17.9 Å². The summed E-state index contributed by atoms with van der Waals surface area (Å²) in [7, 11) is 0. The fourth-order valence-corrected chi connectivity index (χ4v) is 3.38. The van der Waals surface area contributed by atoms with Gasteiger partial charge < -0.3 is 16.2 Å². The molecular formula is C21H19N5O2. The number of nitrogens with zero attached hydrogens (tertiary/aromatic N) is 3. The second-order valence-corrected chi connectivity index (χ2v) is 6.93. The number of nitriles is 1. The number of aromatic nitrogens is 2. The number of rotatable bonds is 5. The number of anilines is 2. The molecule has 1 amide bonds. The monoisotopic (exact) mass is 373 g/mol. The van der Waals surface area contributed by atoms with Gasteiger partial charge in [-0.2, -0.15) is 5.26 Å². The van der Waals surface area contributed by atoms with Crippen LogP contribution in [0.15, 0.2) is 42.9 Å². The first-order chi connectivity index (χ1) is 13.6. The van der Waals surface area contributed by atoms with Gasteiger partial charge in [-0.25, -0.2) is 4.98 Å². The Labute approximate surface area is 161 Å². The van der Waals surface area contributed by atoms with Gasteiger partial charge in [0.1, 0.15) is 5.82 Å². The van der Waals surface area contributed by atoms with E-state index in [-0.39, 0.29) is 24.3 Å². The Hall–Kier alpha value is -3.50. The Morgan fingerprint density at radius 2 is 2.21 bits per heavy atom. The zero-order valence-electron chi connectivity index (χ0n) is 15.1. The lowest BCUT2D eigenvalue weighted by molar-refractivity contribution is -0.117. The average molecular weight is 373 g/mol. The van der Waals surface area contributed by atoms with Crippen molar-refractivity contribution in [2.45, 2.75) is 12.8 Å². The number of nitrogens with one attached hydrogen (secondary N) is 1. The van der Waals surface area contributed by atoms with Gasteiger partial charge in [0.25, 0.3) is 0 Å². The van der Waals surface area contributed by atoms with Gasteiger partial charge in [-0.1, -0.05) is 0 Å². The zero-order valence-corrected chi connectivity index (χ0v) is 15.1. The predicted molar refractivity (Wildman–Crippen MR) is 106 cm³/mol. The lowest BCUT2D eigenvalue weighted by Crippen LogP contribution is -2.15. The van der Waals surface area contributed by atoms with Crippen LogP contribution in [0, 0.1) is 23.2 Å². The van der Waals surface area contributed by atoms with Crippen molar-refractivity contribution >= 4 is 28.2 Å². The Balaban J connectivity index is 1.69. The van der Waals surface area contributed by atoms with E-state index in [4.69, 9.17) is 11.0 Å². The fourth-order valence-electron chi connectivity index (χ4n) is 3.38. The lowest BCUT2D eigenvalue weighted by Gasteiger charge is -2.12. The van der Waals surface area contributed by atoms with Crippen molar-refractivity contribution in [2.75, 3.05) is 17.7 Å². The largest absolute Gasteiger partial charge is 0.398 e. The number of nitrogens with two attached hydrogens (primary N) is 1. The molecule has 0 spiro atoms. The van der Waals surface area contributed by atoms with E-state index in [9.17, 15) is 9.90 Å². The zero-order chi connectivity index (χ0) is 19.7. The molecule has 1 aliphatic carbocycles. The molecule has 4 rings (SSSR count). The first-order valence-electron chi connectivity index (χ1n) is 9.04. The van der Waals surface area contributed by atoms with Crippen molar-refractivity contribution in [2.24, 2.45) is 11.8 Å². The standard InChI is InChI=1S/C21H19N5O2/c22-9-15-6-16(15)21(28)26-20-8-14-5-13(7-19(23)18(14)11-25-20)17-10-24-3-1-12(17)2-4-27/h1,3,5,7-8,10-11,15-16,27H,2,4,6,23H2,(H,25,26,28)/t15-,16+/m1/s1. The third-order valence-electron chi connectivity index (χ3n) is 5.02. The van der Waals surface area contributed by atoms with Crippen LogP contribution in [-0.2, 0) is 11.2 Å². The molecule has 7 nitrogen and oxygen atoms in total. The number of carbonyl (C=O) groups excluding carboxylic acids is 1. The highest BCUT2D eigenvalue weighted by atomic mass is 16.3. The first kappa shape index (κ1) is 17.9. The minimum absolute atomic E-state index is 0.0467. The van der Waals surface area contributed by atoms with E-state index in [2.05, 4.69) is 21.4 Å². The molecule has 0 unspecified atom stereocenters. The van der Waals surface area contributed by atoms with Crippen molar-refractivity contribution < 1.29 is 9.90 Å². The highest BCUT2D eigenvalue weighted by Gasteiger charge is 2.43. The first-order valence-corrected chi connectivity index (χ1v) is 9.04. The maximum atomic E-state index is 12.2. The number of pyridine rings is 2. The van der Waals surface area contributed by atoms with E-state index < -0.39 is 0 Å². The Kier molecular flexibility index (Phi) is 4.63. The van der Waals surface area contributed by atoms with E-state index in [1.807, 2.05) is 18.2 Å². The van der Waals surface area contributed by atoms with Gasteiger partial charge >= 0.3 is 0 Å². The molecule has 2 heterocycles. The summed E-state index contributed by atoms with van der Waals surface area (Å²) in [5.74, 6) is -0.201. The van der Waals surface area contributed by atoms with Gasteiger partial charge in [-0.05, 0) is 53.6 Å². The van der Waals surface area contributed by atoms with Crippen LogP contribution in [-0.4, -0.2) is 27.6 Å². The molecule has 0 radical (unpaired) electrons. The Bertz CT molecular complexity index is 1110. The van der Waals surface area contributed by atoms with E-state index in [0.29, 0.717) is 24.3 Å². The summed E-state index contributed by atoms with van der Waals surface area (Å²) in [5.41, 5.74) is 9.58. The molecule has 2 atom stereocenters. The maximum absolute atomic E-state index is 12.2. The van der Waals surface area contributed by atoms with Crippen molar-refractivity contribution in [1.29, 1.82) is 5.26 Å². The number of amides is 1. The fraction of sp³-hybridized carbons (Fsp3) is 0.238. The summed E-state index contributed by atoms with van der Waals surface area (Å²) in [6, 6.07) is 9.60. The molecule has 1 aromatic carbocycles. The number of benzene rings is 1. The van der Waals surface area contributed by atoms with Gasteiger partial charge in [-0.3, -0.25) is 9.78 Å². The molecule has 3 aromatic rings. The molecule has 0 aliphatic heterocycles. The molecule has 140 valence electrons. The number of aliphatic hydroxyl groups is 1. The molecule has 2 aromatic heterocycles. The van der Waals surface area contributed by atoms with Crippen molar-refractivity contribution in [3.05, 3.63) is 48.4 Å². The minimum atomic E-state index is -0.254. The van der Waals surface area contributed by atoms with Crippen LogP contribution in [0.2, 0.25) is 0 Å². The van der Waals surface area contributed by atoms with E-state index in [1.54, 1.807) is 24.7 Å². The summed E-state index contributed by atoms with van der Waals surface area (Å²) in [5, 5.41) is 22.6. The molecule has 1 saturated carbocycles. The highest BCUT2D eigenvalue weighted by molar-refractivity contribution is 6.00. The maximum Gasteiger partial charge on any atom is 0.230 e. The third-order valence-corrected chi connectivity index (χ3v) is 5.02. The van der Waals surface area contributed by atoms with Crippen molar-refractivity contribution in [1.82, 2.24) is 9.97 Å². The lowest BCUT2D eigenvalue weighted by atomic mass is 9.97. The van der Waals surface area contributed by atoms with E-state index >= 15 is 0 Å². The minimum Gasteiger partial charge on any atom is -0.398 e. The van der Waals surface area contributed by atoms with Gasteiger partial charge in [-0.15, -0.1) is 0 Å². The van der Waals surface area contributed by atoms with Crippen molar-refractivity contribution in [3.63, 3.8) is 0 Å². The predicted octanol–water partition coefficient (Wildman–Crippen LogP) is 2.51. The number of hydrogen-bond acceptors (Lipinski definition) is 6. The summed E-state index contributed by atoms with van der Waals surface area (Å²) in [6.45, 7) is 0.0467. The van der Waals surface area contributed by atoms with Gasteiger partial charge in [0.15, 0.2) is 0 Å². The second-order valence-electron chi connectivity index (χ2n) is 6.93. The highest BCUT2D eigenvalue weighted by Crippen LogP contribution is 2.38. The quantitative estimate of drug-likeness (QED) is 0.590. The molecule has 7 heteroatoms. The van der Waals surface area contributed by atoms with Crippen LogP contribution in [0.1, 0.15) is 12.0 Å². The van der Waals surface area contributed by atoms with Crippen molar-refractivity contribution in [3.8, 4) is 17.2 Å². The third kappa shape index (κ3) is 3.38. The van der Waals surface area contributed by atoms with Gasteiger partial charge in [0.2, 0.25) is 5.91 Å². The number of carbonyl (C=O) groups is 1. The van der Waals surface area contributed by atoms with Gasteiger partial charge in [0, 0.05) is 41.8 Å². The molecule has 28 heavy (non-hydrogen) atoms. The van der Waals surface area contributed by atoms with Crippen LogP contribution in [0.3, 0.4) is 0 Å². The SMILES string of the molecule is N#C[C@H]1C[C@@H]1C(=O)Nc1cc2cc(-c3cnccc3CCO)cc(N)c2cn1. The van der Waals surface area contributed by atoms with E-state index in [1.165, 1.54) is 0 Å². The average Bonchev–Trinajstić information content (AvgIpc) is 3.48. The van der Waals surface area contributed by atoms with E-state index in [0.717, 1.165) is 27.5 Å². The molecule has 1 aliphatic rings. The van der Waals surface area contributed by atoms with Crippen LogP contribution in [0.25, 0.3) is 21.9 Å². The Morgan fingerprint density at radius 3 is 2.96 bits per heavy atom. The summed E-state index contributed by atoms with van der Waals surface area (Å²) >= 11 is 0.